The van der Waals surface area contributed by atoms with Crippen molar-refractivity contribution in [1.82, 2.24) is 9.97 Å². The highest BCUT2D eigenvalue weighted by molar-refractivity contribution is 8.00. The van der Waals surface area contributed by atoms with Crippen LogP contribution in [-0.4, -0.2) is 28.2 Å². The van der Waals surface area contributed by atoms with E-state index in [0.717, 1.165) is 27.4 Å². The number of nitrogens with zero attached hydrogens (tertiary/aromatic N) is 4. The summed E-state index contributed by atoms with van der Waals surface area (Å²) >= 11 is 1.34. The maximum Gasteiger partial charge on any atom is 0.238 e. The molecule has 0 aliphatic heterocycles. The Morgan fingerprint density at radius 2 is 1.72 bits per heavy atom. The number of carbonyl (C=O) groups excluding carboxylic acids is 1. The molecule has 0 saturated heterocycles. The van der Waals surface area contributed by atoms with Gasteiger partial charge in [-0.1, -0.05) is 42.1 Å². The van der Waals surface area contributed by atoms with Gasteiger partial charge >= 0.3 is 0 Å². The lowest BCUT2D eigenvalue weighted by Gasteiger charge is -2.19. The van der Waals surface area contributed by atoms with Crippen LogP contribution in [0, 0.1) is 18.3 Å². The van der Waals surface area contributed by atoms with E-state index in [1.165, 1.54) is 16.7 Å². The van der Waals surface area contributed by atoms with Gasteiger partial charge < -0.3 is 0 Å². The van der Waals surface area contributed by atoms with E-state index in [0.29, 0.717) is 0 Å². The summed E-state index contributed by atoms with van der Waals surface area (Å²) in [6.07, 6.45) is 0. The molecule has 0 aliphatic carbocycles. The van der Waals surface area contributed by atoms with E-state index in [2.05, 4.69) is 9.97 Å². The summed E-state index contributed by atoms with van der Waals surface area (Å²) in [4.78, 5) is 23.2. The molecule has 3 rings (SSSR count). The molecule has 3 aromatic rings. The molecule has 1 aromatic heterocycles. The van der Waals surface area contributed by atoms with Crippen molar-refractivity contribution < 1.29 is 4.79 Å². The fourth-order valence-corrected chi connectivity index (χ4v) is 3.25. The van der Waals surface area contributed by atoms with Crippen molar-refractivity contribution in [3.8, 4) is 6.07 Å². The SMILES string of the molecule is Cc1nc2ccccc2nc1SCC(=O)N(CC#N)c1ccccc1. The average Bonchev–Trinajstić information content (AvgIpc) is 2.65. The molecular formula is C19H16N4OS. The van der Waals surface area contributed by atoms with Gasteiger partial charge in [0.15, 0.2) is 0 Å². The van der Waals surface area contributed by atoms with E-state index in [1.54, 1.807) is 0 Å². The molecule has 2 aromatic carbocycles. The number of hydrogen-bond acceptors (Lipinski definition) is 5. The number of nitriles is 1. The summed E-state index contributed by atoms with van der Waals surface area (Å²) in [6, 6.07) is 18.9. The second-order valence-electron chi connectivity index (χ2n) is 5.37. The highest BCUT2D eigenvalue weighted by Gasteiger charge is 2.17. The molecule has 0 radical (unpaired) electrons. The minimum atomic E-state index is -0.132. The Kier molecular flexibility index (Phi) is 5.26. The van der Waals surface area contributed by atoms with Crippen molar-refractivity contribution in [2.24, 2.45) is 0 Å². The fraction of sp³-hybridized carbons (Fsp3) is 0.158. The lowest BCUT2D eigenvalue weighted by atomic mass is 10.3. The van der Waals surface area contributed by atoms with Gasteiger partial charge in [0.05, 0.1) is 28.5 Å². The van der Waals surface area contributed by atoms with Crippen molar-refractivity contribution in [3.05, 3.63) is 60.3 Å². The van der Waals surface area contributed by atoms with Crippen LogP contribution in [0.1, 0.15) is 5.69 Å². The van der Waals surface area contributed by atoms with Gasteiger partial charge in [0.2, 0.25) is 5.91 Å². The molecule has 0 spiro atoms. The molecule has 5 nitrogen and oxygen atoms in total. The summed E-state index contributed by atoms with van der Waals surface area (Å²) in [7, 11) is 0. The molecule has 0 N–H and O–H groups in total. The molecule has 0 aliphatic rings. The number of anilines is 1. The van der Waals surface area contributed by atoms with Crippen LogP contribution in [-0.2, 0) is 4.79 Å². The average molecular weight is 348 g/mol. The number of fused-ring (bicyclic) bond motifs is 1. The zero-order valence-electron chi connectivity index (χ0n) is 13.7. The molecule has 6 heteroatoms. The number of para-hydroxylation sites is 3. The standard InChI is InChI=1S/C19H16N4OS/c1-14-19(22-17-10-6-5-9-16(17)21-14)25-13-18(24)23(12-11-20)15-7-3-2-4-8-15/h2-10H,12-13H2,1H3. The zero-order chi connectivity index (χ0) is 17.6. The Hall–Kier alpha value is -2.91. The summed E-state index contributed by atoms with van der Waals surface area (Å²) in [5, 5.41) is 9.75. The largest absolute Gasteiger partial charge is 0.298 e. The number of thioether (sulfide) groups is 1. The van der Waals surface area contributed by atoms with E-state index in [1.807, 2.05) is 67.6 Å². The number of amides is 1. The highest BCUT2D eigenvalue weighted by atomic mass is 32.2. The fourth-order valence-electron chi connectivity index (χ4n) is 2.42. The third kappa shape index (κ3) is 3.95. The first-order valence-electron chi connectivity index (χ1n) is 7.77. The van der Waals surface area contributed by atoms with Gasteiger partial charge in [0.25, 0.3) is 0 Å². The number of aryl methyl sites for hydroxylation is 1. The smallest absolute Gasteiger partial charge is 0.238 e. The van der Waals surface area contributed by atoms with Crippen LogP contribution in [0.4, 0.5) is 5.69 Å². The van der Waals surface area contributed by atoms with Gasteiger partial charge in [-0.3, -0.25) is 9.69 Å². The van der Waals surface area contributed by atoms with Crippen LogP contribution in [0.25, 0.3) is 11.0 Å². The molecule has 0 bridgehead atoms. The Labute approximate surface area is 150 Å². The number of benzene rings is 2. The molecular weight excluding hydrogens is 332 g/mol. The molecule has 124 valence electrons. The van der Waals surface area contributed by atoms with Crippen LogP contribution < -0.4 is 4.90 Å². The maximum absolute atomic E-state index is 12.6. The van der Waals surface area contributed by atoms with E-state index in [-0.39, 0.29) is 18.2 Å². The van der Waals surface area contributed by atoms with Gasteiger partial charge in [-0.05, 0) is 31.2 Å². The number of carbonyl (C=O) groups is 1. The van der Waals surface area contributed by atoms with Crippen molar-refractivity contribution in [2.45, 2.75) is 11.9 Å². The Balaban J connectivity index is 1.77. The van der Waals surface area contributed by atoms with E-state index in [9.17, 15) is 4.79 Å². The van der Waals surface area contributed by atoms with Crippen LogP contribution in [0.15, 0.2) is 59.6 Å². The third-order valence-corrected chi connectivity index (χ3v) is 4.68. The summed E-state index contributed by atoms with van der Waals surface area (Å²) in [6.45, 7) is 1.91. The van der Waals surface area contributed by atoms with Crippen molar-refractivity contribution in [1.29, 1.82) is 5.26 Å². The molecule has 0 atom stereocenters. The molecule has 0 unspecified atom stereocenters. The molecule has 1 amide bonds. The second-order valence-corrected chi connectivity index (χ2v) is 6.33. The van der Waals surface area contributed by atoms with Crippen molar-refractivity contribution in [2.75, 3.05) is 17.2 Å². The molecule has 25 heavy (non-hydrogen) atoms. The van der Waals surface area contributed by atoms with Crippen LogP contribution in [0.5, 0.6) is 0 Å². The topological polar surface area (TPSA) is 69.9 Å². The first-order chi connectivity index (χ1) is 12.2. The minimum Gasteiger partial charge on any atom is -0.298 e. The van der Waals surface area contributed by atoms with Crippen molar-refractivity contribution in [3.63, 3.8) is 0 Å². The van der Waals surface area contributed by atoms with E-state index < -0.39 is 0 Å². The van der Waals surface area contributed by atoms with Gasteiger partial charge in [-0.15, -0.1) is 0 Å². The zero-order valence-corrected chi connectivity index (χ0v) is 14.5. The number of aromatic nitrogens is 2. The number of hydrogen-bond donors (Lipinski definition) is 0. The van der Waals surface area contributed by atoms with Crippen molar-refractivity contribution >= 4 is 34.4 Å². The normalized spacial score (nSPS) is 10.4. The lowest BCUT2D eigenvalue weighted by molar-refractivity contribution is -0.116. The van der Waals surface area contributed by atoms with Crippen LogP contribution in [0.3, 0.4) is 0 Å². The molecule has 1 heterocycles. The predicted octanol–water partition coefficient (Wildman–Crippen LogP) is 3.59. The molecule has 0 fully saturated rings. The van der Waals surface area contributed by atoms with Gasteiger partial charge in [0, 0.05) is 5.69 Å². The maximum atomic E-state index is 12.6. The van der Waals surface area contributed by atoms with Gasteiger partial charge in [0.1, 0.15) is 11.6 Å². The Morgan fingerprint density at radius 3 is 2.40 bits per heavy atom. The van der Waals surface area contributed by atoms with Crippen LogP contribution in [0.2, 0.25) is 0 Å². The molecule has 0 saturated carbocycles. The van der Waals surface area contributed by atoms with Gasteiger partial charge in [-0.2, -0.15) is 5.26 Å². The Morgan fingerprint density at radius 1 is 1.08 bits per heavy atom. The summed E-state index contributed by atoms with van der Waals surface area (Å²) < 4.78 is 0. The second kappa shape index (κ2) is 7.77. The number of rotatable bonds is 5. The third-order valence-electron chi connectivity index (χ3n) is 3.63. The van der Waals surface area contributed by atoms with Crippen LogP contribution >= 0.6 is 11.8 Å². The Bertz CT molecular complexity index is 937. The van der Waals surface area contributed by atoms with E-state index >= 15 is 0 Å². The highest BCUT2D eigenvalue weighted by Crippen LogP contribution is 2.23. The quantitative estimate of drug-likeness (QED) is 0.520. The predicted molar refractivity (Wildman–Crippen MR) is 99.4 cm³/mol. The van der Waals surface area contributed by atoms with Gasteiger partial charge in [-0.25, -0.2) is 9.97 Å². The first-order valence-corrected chi connectivity index (χ1v) is 8.76. The lowest BCUT2D eigenvalue weighted by Crippen LogP contribution is -2.32. The summed E-state index contributed by atoms with van der Waals surface area (Å²) in [5.74, 6) is 0.0665. The monoisotopic (exact) mass is 348 g/mol. The summed E-state index contributed by atoms with van der Waals surface area (Å²) in [5.41, 5.74) is 3.16. The first kappa shape index (κ1) is 16.9. The van der Waals surface area contributed by atoms with E-state index in [4.69, 9.17) is 5.26 Å². The minimum absolute atomic E-state index is 0.0196.